The van der Waals surface area contributed by atoms with Crippen LogP contribution in [0, 0.1) is 36.5 Å². The van der Waals surface area contributed by atoms with Crippen LogP contribution in [0.1, 0.15) is 66.8 Å². The lowest BCUT2D eigenvalue weighted by molar-refractivity contribution is 0.0263. The summed E-state index contributed by atoms with van der Waals surface area (Å²) in [6.07, 6.45) is 3.73. The van der Waals surface area contributed by atoms with Crippen LogP contribution in [0.3, 0.4) is 0 Å². The van der Waals surface area contributed by atoms with E-state index < -0.39 is 5.60 Å². The van der Waals surface area contributed by atoms with Crippen molar-refractivity contribution < 1.29 is 14.6 Å². The van der Waals surface area contributed by atoms with Gasteiger partial charge in [-0.1, -0.05) is 0 Å². The Balaban J connectivity index is 1.64. The highest BCUT2D eigenvalue weighted by atomic mass is 16.5. The van der Waals surface area contributed by atoms with Crippen molar-refractivity contribution in [1.82, 2.24) is 15.2 Å². The SMILES string of the molecule is COc1cc(N)c(C(=N)c2cnc(N3CC[C@H](C(C)(C)O)C3)c(C#N)c2)cc1O[C@H](C)c1c(C)cnnc1C. The Morgan fingerprint density at radius 2 is 2.00 bits per heavy atom. The Labute approximate surface area is 228 Å². The van der Waals surface area contributed by atoms with Gasteiger partial charge >= 0.3 is 0 Å². The minimum atomic E-state index is -0.807. The van der Waals surface area contributed by atoms with E-state index in [1.54, 1.807) is 44.4 Å². The van der Waals surface area contributed by atoms with Crippen LogP contribution in [0.15, 0.2) is 30.6 Å². The zero-order valence-corrected chi connectivity index (χ0v) is 23.2. The molecule has 0 saturated carbocycles. The number of hydrogen-bond donors (Lipinski definition) is 3. The molecule has 1 aliphatic heterocycles. The van der Waals surface area contributed by atoms with Crippen LogP contribution in [0.4, 0.5) is 11.5 Å². The standard InChI is InChI=1S/C29H35N7O3/c1-16-13-34-35-17(2)26(16)18(3)39-25-10-22(23(31)11-24(25)38-6)27(32)20-9-19(12-30)28(33-14-20)36-8-7-21(15-36)29(4,5)37/h9-11,13-14,18,21,32,37H,7-8,15,31H2,1-6H3/t18-,21+/m1/s1. The minimum Gasteiger partial charge on any atom is -0.493 e. The van der Waals surface area contributed by atoms with E-state index >= 15 is 0 Å². The first-order valence-electron chi connectivity index (χ1n) is 12.8. The minimum absolute atomic E-state index is 0.0826. The van der Waals surface area contributed by atoms with Crippen molar-refractivity contribution in [2.45, 2.75) is 52.7 Å². The zero-order valence-electron chi connectivity index (χ0n) is 23.2. The number of benzene rings is 1. The molecule has 204 valence electrons. The van der Waals surface area contributed by atoms with Gasteiger partial charge in [0.2, 0.25) is 0 Å². The van der Waals surface area contributed by atoms with Gasteiger partial charge < -0.3 is 25.2 Å². The Hall–Kier alpha value is -4.23. The van der Waals surface area contributed by atoms with Gasteiger partial charge in [0.15, 0.2) is 11.5 Å². The van der Waals surface area contributed by atoms with E-state index in [0.717, 1.165) is 23.2 Å². The van der Waals surface area contributed by atoms with E-state index in [1.807, 2.05) is 25.7 Å². The number of aromatic nitrogens is 3. The van der Waals surface area contributed by atoms with Gasteiger partial charge in [0, 0.05) is 53.6 Å². The number of rotatable bonds is 8. The van der Waals surface area contributed by atoms with E-state index in [-0.39, 0.29) is 17.7 Å². The predicted octanol–water partition coefficient (Wildman–Crippen LogP) is 4.10. The van der Waals surface area contributed by atoms with Gasteiger partial charge in [0.1, 0.15) is 18.0 Å². The van der Waals surface area contributed by atoms with Gasteiger partial charge in [-0.3, -0.25) is 5.41 Å². The smallest absolute Gasteiger partial charge is 0.162 e. The number of nitrogens with one attached hydrogen (secondary N) is 1. The third-order valence-electron chi connectivity index (χ3n) is 7.35. The van der Waals surface area contributed by atoms with Crippen LogP contribution < -0.4 is 20.1 Å². The number of ether oxygens (including phenoxy) is 2. The molecule has 1 aliphatic rings. The summed E-state index contributed by atoms with van der Waals surface area (Å²) in [5.41, 5.74) is 9.88. The third-order valence-corrected chi connectivity index (χ3v) is 7.35. The molecule has 10 heteroatoms. The highest BCUT2D eigenvalue weighted by Crippen LogP contribution is 2.37. The molecule has 2 aromatic heterocycles. The Bertz CT molecular complexity index is 1420. The summed E-state index contributed by atoms with van der Waals surface area (Å²) >= 11 is 0. The Kier molecular flexibility index (Phi) is 7.74. The van der Waals surface area contributed by atoms with E-state index in [9.17, 15) is 10.4 Å². The molecule has 0 unspecified atom stereocenters. The van der Waals surface area contributed by atoms with Crippen molar-refractivity contribution in [3.05, 3.63) is 64.1 Å². The van der Waals surface area contributed by atoms with Crippen LogP contribution in [-0.4, -0.2) is 51.8 Å². The van der Waals surface area contributed by atoms with E-state index in [4.69, 9.17) is 20.6 Å². The first-order chi connectivity index (χ1) is 18.4. The Morgan fingerprint density at radius 1 is 1.26 bits per heavy atom. The largest absolute Gasteiger partial charge is 0.493 e. The van der Waals surface area contributed by atoms with Gasteiger partial charge in [-0.15, -0.1) is 0 Å². The lowest BCUT2D eigenvalue weighted by atomic mass is 9.90. The molecule has 1 fully saturated rings. The van der Waals surface area contributed by atoms with Crippen molar-refractivity contribution >= 4 is 17.2 Å². The van der Waals surface area contributed by atoms with E-state index in [2.05, 4.69) is 21.3 Å². The highest BCUT2D eigenvalue weighted by molar-refractivity contribution is 6.14. The summed E-state index contributed by atoms with van der Waals surface area (Å²) in [5, 5.41) is 37.4. The highest BCUT2D eigenvalue weighted by Gasteiger charge is 2.35. The topological polar surface area (TPSA) is 154 Å². The second-order valence-corrected chi connectivity index (χ2v) is 10.5. The summed E-state index contributed by atoms with van der Waals surface area (Å²) in [5.74, 6) is 1.50. The number of nitrogens with two attached hydrogens (primary N) is 1. The number of aliphatic hydroxyl groups is 1. The molecule has 3 aromatic rings. The maximum Gasteiger partial charge on any atom is 0.162 e. The van der Waals surface area contributed by atoms with Crippen molar-refractivity contribution in [1.29, 1.82) is 10.7 Å². The summed E-state index contributed by atoms with van der Waals surface area (Å²) in [6.45, 7) is 10.7. The van der Waals surface area contributed by atoms with Crippen molar-refractivity contribution in [2.24, 2.45) is 5.92 Å². The molecule has 4 rings (SSSR count). The number of nitriles is 1. The second kappa shape index (κ2) is 10.9. The van der Waals surface area contributed by atoms with Crippen LogP contribution in [-0.2, 0) is 0 Å². The van der Waals surface area contributed by atoms with E-state index in [0.29, 0.717) is 52.8 Å². The molecule has 1 saturated heterocycles. The molecule has 0 bridgehead atoms. The molecule has 0 aliphatic carbocycles. The normalized spacial score (nSPS) is 16.1. The third kappa shape index (κ3) is 5.64. The molecule has 0 amide bonds. The summed E-state index contributed by atoms with van der Waals surface area (Å²) in [4.78, 5) is 6.57. The molecule has 2 atom stereocenters. The summed E-state index contributed by atoms with van der Waals surface area (Å²) in [6, 6.07) is 7.19. The summed E-state index contributed by atoms with van der Waals surface area (Å²) in [7, 11) is 1.53. The average molecular weight is 530 g/mol. The van der Waals surface area contributed by atoms with Crippen LogP contribution in [0.25, 0.3) is 0 Å². The molecule has 0 radical (unpaired) electrons. The number of hydrogen-bond acceptors (Lipinski definition) is 10. The van der Waals surface area contributed by atoms with Gasteiger partial charge in [-0.05, 0) is 58.7 Å². The number of aryl methyl sites for hydroxylation is 2. The second-order valence-electron chi connectivity index (χ2n) is 10.5. The molecule has 39 heavy (non-hydrogen) atoms. The number of nitrogens with zero attached hydrogens (tertiary/aromatic N) is 5. The zero-order chi connectivity index (χ0) is 28.5. The van der Waals surface area contributed by atoms with Crippen LogP contribution >= 0.6 is 0 Å². The van der Waals surface area contributed by atoms with Gasteiger partial charge in [0.05, 0.1) is 35.9 Å². The van der Waals surface area contributed by atoms with Crippen molar-refractivity contribution in [2.75, 3.05) is 30.8 Å². The summed E-state index contributed by atoms with van der Waals surface area (Å²) < 4.78 is 11.8. The first kappa shape index (κ1) is 27.8. The molecule has 1 aromatic carbocycles. The average Bonchev–Trinajstić information content (AvgIpc) is 3.39. The fourth-order valence-electron chi connectivity index (χ4n) is 5.13. The van der Waals surface area contributed by atoms with Gasteiger partial charge in [0.25, 0.3) is 0 Å². The van der Waals surface area contributed by atoms with E-state index in [1.165, 1.54) is 7.11 Å². The lowest BCUT2D eigenvalue weighted by Crippen LogP contribution is -2.33. The van der Waals surface area contributed by atoms with Crippen LogP contribution in [0.5, 0.6) is 11.5 Å². The molecule has 4 N–H and O–H groups in total. The van der Waals surface area contributed by atoms with Gasteiger partial charge in [-0.2, -0.15) is 15.5 Å². The molecular weight excluding hydrogens is 494 g/mol. The molecule has 10 nitrogen and oxygen atoms in total. The van der Waals surface area contributed by atoms with Crippen molar-refractivity contribution in [3.8, 4) is 17.6 Å². The number of nitrogen functional groups attached to an aromatic ring is 1. The Morgan fingerprint density at radius 3 is 2.62 bits per heavy atom. The fourth-order valence-corrected chi connectivity index (χ4v) is 5.13. The van der Waals surface area contributed by atoms with Crippen molar-refractivity contribution in [3.63, 3.8) is 0 Å². The lowest BCUT2D eigenvalue weighted by Gasteiger charge is -2.26. The molecule has 0 spiro atoms. The monoisotopic (exact) mass is 529 g/mol. The molecule has 3 heterocycles. The number of pyridine rings is 1. The first-order valence-corrected chi connectivity index (χ1v) is 12.8. The molecular formula is C29H35N7O3. The van der Waals surface area contributed by atoms with Gasteiger partial charge in [-0.25, -0.2) is 4.98 Å². The number of methoxy groups -OCH3 is 1. The maximum atomic E-state index is 10.4. The van der Waals surface area contributed by atoms with Crippen LogP contribution in [0.2, 0.25) is 0 Å². The predicted molar refractivity (Wildman–Crippen MR) is 149 cm³/mol. The number of anilines is 2. The maximum absolute atomic E-state index is 10.4. The quantitative estimate of drug-likeness (QED) is 0.289. The fraction of sp³-hybridized carbons (Fsp3) is 0.414.